The Morgan fingerprint density at radius 1 is 1.00 bits per heavy atom. The van der Waals surface area contributed by atoms with Gasteiger partial charge in [0.15, 0.2) is 0 Å². The van der Waals surface area contributed by atoms with Crippen LogP contribution in [0.4, 0.5) is 0 Å². The van der Waals surface area contributed by atoms with E-state index in [4.69, 9.17) is 23.2 Å². The maximum atomic E-state index is 13.3. The van der Waals surface area contributed by atoms with E-state index < -0.39 is 0 Å². The average Bonchev–Trinajstić information content (AvgIpc) is 3.33. The maximum absolute atomic E-state index is 13.3. The number of rotatable bonds is 3. The number of amides is 1. The van der Waals surface area contributed by atoms with Crippen molar-refractivity contribution in [3.8, 4) is 11.3 Å². The number of benzene rings is 2. The van der Waals surface area contributed by atoms with E-state index in [-0.39, 0.29) is 5.91 Å². The second-order valence-electron chi connectivity index (χ2n) is 8.28. The summed E-state index contributed by atoms with van der Waals surface area (Å²) >= 11 is 14.1. The number of hydrogen-bond donors (Lipinski definition) is 0. The Labute approximate surface area is 196 Å². The standard InChI is InChI=1S/C24H23Cl2N3OS/c25-18-7-4-16(5-8-18)17-6-9-19-15-29(12-11-28(19)14-17)24(30)21-3-1-2-20(23(21)26)22-10-13-31-27-22/h1-5,7-8,10,13,17,19H,6,9,11-12,14-15H2/t17-,19+/m0/s1. The number of fused-ring (bicyclic) bond motifs is 1. The first-order valence-corrected chi connectivity index (χ1v) is 12.2. The lowest BCUT2D eigenvalue weighted by Crippen LogP contribution is -2.57. The highest BCUT2D eigenvalue weighted by Crippen LogP contribution is 2.34. The van der Waals surface area contributed by atoms with Gasteiger partial charge < -0.3 is 4.90 Å². The lowest BCUT2D eigenvalue weighted by atomic mass is 9.86. The van der Waals surface area contributed by atoms with Crippen molar-refractivity contribution in [1.29, 1.82) is 0 Å². The second kappa shape index (κ2) is 8.91. The smallest absolute Gasteiger partial charge is 0.255 e. The van der Waals surface area contributed by atoms with Gasteiger partial charge in [0, 0.05) is 48.2 Å². The van der Waals surface area contributed by atoms with Crippen molar-refractivity contribution in [2.75, 3.05) is 26.2 Å². The van der Waals surface area contributed by atoms with Gasteiger partial charge in [-0.25, -0.2) is 0 Å². The van der Waals surface area contributed by atoms with Gasteiger partial charge in [-0.3, -0.25) is 9.69 Å². The third-order valence-corrected chi connectivity index (χ3v) is 7.70. The molecule has 1 aromatic heterocycles. The van der Waals surface area contributed by atoms with Gasteiger partial charge in [0.2, 0.25) is 0 Å². The zero-order chi connectivity index (χ0) is 21.4. The molecule has 2 atom stereocenters. The second-order valence-corrected chi connectivity index (χ2v) is 9.76. The third kappa shape index (κ3) is 4.24. The van der Waals surface area contributed by atoms with Gasteiger partial charge in [-0.15, -0.1) is 0 Å². The summed E-state index contributed by atoms with van der Waals surface area (Å²) < 4.78 is 4.37. The zero-order valence-electron chi connectivity index (χ0n) is 17.0. The minimum Gasteiger partial charge on any atom is -0.336 e. The molecule has 1 amide bonds. The van der Waals surface area contributed by atoms with E-state index in [2.05, 4.69) is 21.4 Å². The molecule has 4 nitrogen and oxygen atoms in total. The number of piperazine rings is 1. The van der Waals surface area contributed by atoms with Crippen molar-refractivity contribution >= 4 is 40.6 Å². The fourth-order valence-corrected chi connectivity index (χ4v) is 5.74. The van der Waals surface area contributed by atoms with Crippen molar-refractivity contribution in [3.63, 3.8) is 0 Å². The first kappa shape index (κ1) is 21.0. The zero-order valence-corrected chi connectivity index (χ0v) is 19.3. The van der Waals surface area contributed by atoms with E-state index in [0.29, 0.717) is 22.5 Å². The molecule has 2 aromatic carbocycles. The summed E-state index contributed by atoms with van der Waals surface area (Å²) in [6.07, 6.45) is 2.22. The lowest BCUT2D eigenvalue weighted by molar-refractivity contribution is 0.0329. The van der Waals surface area contributed by atoms with Gasteiger partial charge in [-0.2, -0.15) is 4.37 Å². The molecule has 2 aliphatic heterocycles. The topological polar surface area (TPSA) is 36.4 Å². The van der Waals surface area contributed by atoms with Crippen LogP contribution in [0.2, 0.25) is 10.0 Å². The van der Waals surface area contributed by atoms with Crippen LogP contribution in [0.25, 0.3) is 11.3 Å². The highest BCUT2D eigenvalue weighted by Gasteiger charge is 2.35. The Balaban J connectivity index is 1.28. The molecule has 5 rings (SSSR count). The van der Waals surface area contributed by atoms with Crippen molar-refractivity contribution in [2.45, 2.75) is 24.8 Å². The molecule has 0 spiro atoms. The summed E-state index contributed by atoms with van der Waals surface area (Å²) in [4.78, 5) is 17.8. The molecule has 0 bridgehead atoms. The number of hydrogen-bond acceptors (Lipinski definition) is 4. The quantitative estimate of drug-likeness (QED) is 0.482. The SMILES string of the molecule is O=C(c1cccc(-c2ccsn2)c1Cl)N1CCN2C[C@@H](c3ccc(Cl)cc3)CC[C@@H]2C1. The minimum atomic E-state index is 0.0153. The van der Waals surface area contributed by atoms with Crippen LogP contribution in [0.5, 0.6) is 0 Å². The molecular weight excluding hydrogens is 449 g/mol. The summed E-state index contributed by atoms with van der Waals surface area (Å²) in [5.74, 6) is 0.543. The van der Waals surface area contributed by atoms with Gasteiger partial charge in [0.05, 0.1) is 16.3 Å². The fraction of sp³-hybridized carbons (Fsp3) is 0.333. The molecular formula is C24H23Cl2N3OS. The first-order chi connectivity index (χ1) is 15.1. The van der Waals surface area contributed by atoms with Crippen LogP contribution in [0.15, 0.2) is 53.9 Å². The average molecular weight is 472 g/mol. The Hall–Kier alpha value is -1.92. The first-order valence-electron chi connectivity index (χ1n) is 10.6. The van der Waals surface area contributed by atoms with Gasteiger partial charge in [0.1, 0.15) is 0 Å². The van der Waals surface area contributed by atoms with E-state index >= 15 is 0 Å². The fourth-order valence-electron chi connectivity index (χ4n) is 4.78. The summed E-state index contributed by atoms with van der Waals surface area (Å²) in [6, 6.07) is 16.2. The van der Waals surface area contributed by atoms with Crippen LogP contribution < -0.4 is 0 Å². The number of carbonyl (C=O) groups is 1. The Morgan fingerprint density at radius 3 is 2.61 bits per heavy atom. The van der Waals surface area contributed by atoms with Crippen molar-refractivity contribution in [3.05, 3.63) is 75.1 Å². The van der Waals surface area contributed by atoms with E-state index in [0.717, 1.165) is 55.3 Å². The molecule has 3 aromatic rings. The maximum Gasteiger partial charge on any atom is 0.255 e. The van der Waals surface area contributed by atoms with Gasteiger partial charge in [-0.05, 0) is 60.1 Å². The van der Waals surface area contributed by atoms with E-state index in [1.165, 1.54) is 17.1 Å². The van der Waals surface area contributed by atoms with Crippen molar-refractivity contribution in [2.24, 2.45) is 0 Å². The number of halogens is 2. The van der Waals surface area contributed by atoms with Crippen molar-refractivity contribution in [1.82, 2.24) is 14.2 Å². The summed E-state index contributed by atoms with van der Waals surface area (Å²) in [6.45, 7) is 3.40. The molecule has 0 radical (unpaired) electrons. The third-order valence-electron chi connectivity index (χ3n) is 6.48. The Kier molecular flexibility index (Phi) is 6.02. The number of aromatic nitrogens is 1. The molecule has 160 valence electrons. The molecule has 0 saturated carbocycles. The van der Waals surface area contributed by atoms with Crippen molar-refractivity contribution < 1.29 is 4.79 Å². The molecule has 2 saturated heterocycles. The largest absolute Gasteiger partial charge is 0.336 e. The molecule has 0 aliphatic carbocycles. The molecule has 7 heteroatoms. The minimum absolute atomic E-state index is 0.0153. The molecule has 2 aliphatic rings. The van der Waals surface area contributed by atoms with Crippen LogP contribution in [0.1, 0.15) is 34.7 Å². The van der Waals surface area contributed by atoms with Crippen LogP contribution in [-0.2, 0) is 0 Å². The van der Waals surface area contributed by atoms with E-state index in [9.17, 15) is 4.79 Å². The summed E-state index contributed by atoms with van der Waals surface area (Å²) in [5, 5.41) is 3.19. The predicted octanol–water partition coefficient (Wildman–Crippen LogP) is 5.82. The molecule has 0 N–H and O–H groups in total. The van der Waals surface area contributed by atoms with Crippen LogP contribution in [0.3, 0.4) is 0 Å². The predicted molar refractivity (Wildman–Crippen MR) is 127 cm³/mol. The monoisotopic (exact) mass is 471 g/mol. The number of piperidine rings is 1. The molecule has 3 heterocycles. The summed E-state index contributed by atoms with van der Waals surface area (Å²) in [7, 11) is 0. The Bertz CT molecular complexity index is 1070. The normalized spacial score (nSPS) is 21.7. The van der Waals surface area contributed by atoms with Gasteiger partial charge in [-0.1, -0.05) is 47.5 Å². The molecule has 0 unspecified atom stereocenters. The van der Waals surface area contributed by atoms with Crippen LogP contribution in [-0.4, -0.2) is 52.3 Å². The molecule has 31 heavy (non-hydrogen) atoms. The number of nitrogens with zero attached hydrogens (tertiary/aromatic N) is 3. The van der Waals surface area contributed by atoms with Gasteiger partial charge >= 0.3 is 0 Å². The lowest BCUT2D eigenvalue weighted by Gasteiger charge is -2.46. The number of carbonyl (C=O) groups excluding carboxylic acids is 1. The molecule has 2 fully saturated rings. The highest BCUT2D eigenvalue weighted by molar-refractivity contribution is 7.03. The van der Waals surface area contributed by atoms with E-state index in [1.807, 2.05) is 46.7 Å². The van der Waals surface area contributed by atoms with E-state index in [1.54, 1.807) is 0 Å². The van der Waals surface area contributed by atoms with Crippen LogP contribution >= 0.6 is 34.7 Å². The van der Waals surface area contributed by atoms with Gasteiger partial charge in [0.25, 0.3) is 5.91 Å². The summed E-state index contributed by atoms with van der Waals surface area (Å²) in [5.41, 5.74) is 3.55. The Morgan fingerprint density at radius 2 is 1.84 bits per heavy atom. The highest BCUT2D eigenvalue weighted by atomic mass is 35.5. The van der Waals surface area contributed by atoms with Crippen LogP contribution in [0, 0.1) is 0 Å².